The van der Waals surface area contributed by atoms with Crippen LogP contribution in [-0.2, 0) is 10.0 Å². The van der Waals surface area contributed by atoms with Gasteiger partial charge in [-0.25, -0.2) is 13.1 Å². The smallest absolute Gasteiger partial charge is 0.208 e. The first-order chi connectivity index (χ1) is 8.51. The highest BCUT2D eigenvalue weighted by molar-refractivity contribution is 9.11. The van der Waals surface area contributed by atoms with Crippen molar-refractivity contribution in [2.24, 2.45) is 0 Å². The summed E-state index contributed by atoms with van der Waals surface area (Å²) in [5.41, 5.74) is 0. The highest BCUT2D eigenvalue weighted by atomic mass is 79.9. The van der Waals surface area contributed by atoms with E-state index >= 15 is 0 Å². The van der Waals surface area contributed by atoms with Crippen LogP contribution in [0.25, 0.3) is 0 Å². The van der Waals surface area contributed by atoms with E-state index in [4.69, 9.17) is 0 Å². The Hall–Kier alpha value is -0.120. The Morgan fingerprint density at radius 3 is 2.37 bits per heavy atom. The van der Waals surface area contributed by atoms with Crippen molar-refractivity contribution in [3.05, 3.63) is 27.1 Å². The van der Waals surface area contributed by atoms with E-state index in [0.29, 0.717) is 4.47 Å². The molecule has 19 heavy (non-hydrogen) atoms. The number of rotatable bonds is 4. The Kier molecular flexibility index (Phi) is 5.44. The molecule has 0 aliphatic heterocycles. The molecule has 108 valence electrons. The Labute approximate surface area is 125 Å². The van der Waals surface area contributed by atoms with E-state index in [1.165, 1.54) is 18.2 Å². The summed E-state index contributed by atoms with van der Waals surface area (Å²) in [6, 6.07) is 3.06. The van der Waals surface area contributed by atoms with E-state index in [2.05, 4.69) is 31.9 Å². The third kappa shape index (κ3) is 5.41. The van der Waals surface area contributed by atoms with E-state index < -0.39 is 28.7 Å². The van der Waals surface area contributed by atoms with Crippen LogP contribution in [0, 0.1) is 0 Å². The fourth-order valence-electron chi connectivity index (χ4n) is 1.41. The minimum absolute atomic E-state index is 0.107. The lowest BCUT2D eigenvalue weighted by Gasteiger charge is -2.16. The molecule has 1 atom stereocenters. The number of hydrogen-bond acceptors (Lipinski definition) is 2. The van der Waals surface area contributed by atoms with Crippen molar-refractivity contribution >= 4 is 41.9 Å². The monoisotopic (exact) mass is 423 g/mol. The standard InChI is InChI=1S/C10H10Br2F3NO2S/c1-6(5-10(13,14)15)16-19(17,18)9-3-2-7(11)4-8(9)12/h2-4,6,16H,5H2,1H3. The van der Waals surface area contributed by atoms with Gasteiger partial charge in [0, 0.05) is 15.0 Å². The van der Waals surface area contributed by atoms with Crippen molar-refractivity contribution in [1.29, 1.82) is 0 Å². The van der Waals surface area contributed by atoms with Gasteiger partial charge in [-0.05, 0) is 41.1 Å². The molecular weight excluding hydrogens is 415 g/mol. The van der Waals surface area contributed by atoms with Gasteiger partial charge in [0.05, 0.1) is 11.3 Å². The van der Waals surface area contributed by atoms with Gasteiger partial charge >= 0.3 is 6.18 Å². The van der Waals surface area contributed by atoms with Crippen LogP contribution in [0.1, 0.15) is 13.3 Å². The summed E-state index contributed by atoms with van der Waals surface area (Å²) in [4.78, 5) is -0.107. The van der Waals surface area contributed by atoms with E-state index in [0.717, 1.165) is 6.92 Å². The first-order valence-corrected chi connectivity index (χ1v) is 8.12. The summed E-state index contributed by atoms with van der Waals surface area (Å²) in [7, 11) is -4.00. The molecule has 1 N–H and O–H groups in total. The molecule has 0 saturated carbocycles. The zero-order chi connectivity index (χ0) is 14.8. The van der Waals surface area contributed by atoms with Crippen LogP contribution >= 0.6 is 31.9 Å². The van der Waals surface area contributed by atoms with Crippen molar-refractivity contribution in [2.75, 3.05) is 0 Å². The maximum atomic E-state index is 12.2. The first kappa shape index (κ1) is 16.9. The van der Waals surface area contributed by atoms with Gasteiger partial charge < -0.3 is 0 Å². The highest BCUT2D eigenvalue weighted by Gasteiger charge is 2.32. The topological polar surface area (TPSA) is 46.2 Å². The molecule has 0 spiro atoms. The molecule has 1 rings (SSSR count). The van der Waals surface area contributed by atoms with Gasteiger partial charge in [0.15, 0.2) is 0 Å². The summed E-state index contributed by atoms with van der Waals surface area (Å²) in [6.07, 6.45) is -5.64. The van der Waals surface area contributed by atoms with Crippen LogP contribution in [0.5, 0.6) is 0 Å². The number of halogens is 5. The van der Waals surface area contributed by atoms with Crippen molar-refractivity contribution in [3.8, 4) is 0 Å². The lowest BCUT2D eigenvalue weighted by Crippen LogP contribution is -2.36. The van der Waals surface area contributed by atoms with Crippen molar-refractivity contribution in [1.82, 2.24) is 4.72 Å². The zero-order valence-electron chi connectivity index (χ0n) is 9.63. The van der Waals surface area contributed by atoms with Crippen LogP contribution in [0.3, 0.4) is 0 Å². The predicted octanol–water partition coefficient (Wildman–Crippen LogP) is 3.83. The summed E-state index contributed by atoms with van der Waals surface area (Å²) in [6.45, 7) is 1.16. The molecule has 0 aliphatic rings. The van der Waals surface area contributed by atoms with Crippen LogP contribution < -0.4 is 4.72 Å². The van der Waals surface area contributed by atoms with Crippen molar-refractivity contribution in [3.63, 3.8) is 0 Å². The third-order valence-corrected chi connectivity index (χ3v) is 5.14. The number of nitrogens with one attached hydrogen (secondary N) is 1. The minimum atomic E-state index is -4.42. The van der Waals surface area contributed by atoms with Crippen molar-refractivity contribution in [2.45, 2.75) is 30.5 Å². The maximum absolute atomic E-state index is 12.2. The summed E-state index contributed by atoms with van der Waals surface area (Å²) >= 11 is 6.22. The fourth-order valence-corrected chi connectivity index (χ4v) is 4.40. The van der Waals surface area contributed by atoms with Gasteiger partial charge in [-0.3, -0.25) is 0 Å². The van der Waals surface area contributed by atoms with E-state index in [1.54, 1.807) is 0 Å². The largest absolute Gasteiger partial charge is 0.390 e. The van der Waals surface area contributed by atoms with Gasteiger partial charge in [-0.2, -0.15) is 13.2 Å². The quantitative estimate of drug-likeness (QED) is 0.798. The Morgan fingerprint density at radius 1 is 1.32 bits per heavy atom. The molecule has 0 radical (unpaired) electrons. The van der Waals surface area contributed by atoms with Crippen LogP contribution in [0.4, 0.5) is 13.2 Å². The van der Waals surface area contributed by atoms with Gasteiger partial charge in [-0.1, -0.05) is 15.9 Å². The number of sulfonamides is 1. The molecule has 0 bridgehead atoms. The molecule has 0 saturated heterocycles. The molecule has 9 heteroatoms. The average Bonchev–Trinajstić information content (AvgIpc) is 2.11. The Balaban J connectivity index is 2.93. The van der Waals surface area contributed by atoms with Crippen LogP contribution in [0.2, 0.25) is 0 Å². The molecule has 1 unspecified atom stereocenters. The van der Waals surface area contributed by atoms with E-state index in [1.807, 2.05) is 4.72 Å². The fraction of sp³-hybridized carbons (Fsp3) is 0.400. The molecular formula is C10H10Br2F3NO2S. The SMILES string of the molecule is CC(CC(F)(F)F)NS(=O)(=O)c1ccc(Br)cc1Br. The summed E-state index contributed by atoms with van der Waals surface area (Å²) < 4.78 is 63.3. The lowest BCUT2D eigenvalue weighted by molar-refractivity contribution is -0.137. The Morgan fingerprint density at radius 2 is 1.89 bits per heavy atom. The Bertz CT molecular complexity index is 560. The summed E-state index contributed by atoms with van der Waals surface area (Å²) in [5.74, 6) is 0. The number of benzene rings is 1. The third-order valence-electron chi connectivity index (χ3n) is 2.08. The van der Waals surface area contributed by atoms with Gasteiger partial charge in [0.25, 0.3) is 0 Å². The molecule has 3 nitrogen and oxygen atoms in total. The first-order valence-electron chi connectivity index (χ1n) is 5.05. The zero-order valence-corrected chi connectivity index (χ0v) is 13.6. The highest BCUT2D eigenvalue weighted by Crippen LogP contribution is 2.27. The average molecular weight is 425 g/mol. The molecule has 0 fully saturated rings. The normalized spacial score (nSPS) is 14.4. The molecule has 0 aromatic heterocycles. The molecule has 0 aliphatic carbocycles. The van der Waals surface area contributed by atoms with Gasteiger partial charge in [-0.15, -0.1) is 0 Å². The molecule has 0 amide bonds. The maximum Gasteiger partial charge on any atom is 0.390 e. The van der Waals surface area contributed by atoms with Gasteiger partial charge in [0.1, 0.15) is 0 Å². The van der Waals surface area contributed by atoms with Crippen molar-refractivity contribution < 1.29 is 21.6 Å². The van der Waals surface area contributed by atoms with E-state index in [-0.39, 0.29) is 9.37 Å². The molecule has 1 aromatic rings. The number of alkyl halides is 3. The lowest BCUT2D eigenvalue weighted by atomic mass is 10.2. The second-order valence-electron chi connectivity index (χ2n) is 3.92. The van der Waals surface area contributed by atoms with Crippen LogP contribution in [0.15, 0.2) is 32.0 Å². The molecule has 0 heterocycles. The summed E-state index contributed by atoms with van der Waals surface area (Å²) in [5, 5.41) is 0. The second kappa shape index (κ2) is 6.11. The minimum Gasteiger partial charge on any atom is -0.208 e. The number of hydrogen-bond donors (Lipinski definition) is 1. The molecule has 1 aromatic carbocycles. The second-order valence-corrected chi connectivity index (χ2v) is 7.37. The van der Waals surface area contributed by atoms with Crippen LogP contribution in [-0.4, -0.2) is 20.6 Å². The van der Waals surface area contributed by atoms with E-state index in [9.17, 15) is 21.6 Å². The predicted molar refractivity (Wildman–Crippen MR) is 72.3 cm³/mol. The van der Waals surface area contributed by atoms with Gasteiger partial charge in [0.2, 0.25) is 10.0 Å².